The van der Waals surface area contributed by atoms with Crippen LogP contribution in [0.1, 0.15) is 34.7 Å². The molecule has 1 N–H and O–H groups in total. The summed E-state index contributed by atoms with van der Waals surface area (Å²) in [6, 6.07) is 11.5. The summed E-state index contributed by atoms with van der Waals surface area (Å²) in [5.74, 6) is -0.0557. The van der Waals surface area contributed by atoms with Crippen molar-refractivity contribution in [2.45, 2.75) is 18.8 Å². The molecule has 0 aliphatic heterocycles. The smallest absolute Gasteiger partial charge is 0.293 e. The minimum absolute atomic E-state index is 0.0928. The monoisotopic (exact) mass is 316 g/mol. The molecule has 0 atom stereocenters. The Labute approximate surface area is 132 Å². The number of halogens is 1. The number of anilines is 1. The number of rotatable bonds is 4. The molecule has 0 saturated heterocycles. The third-order valence-corrected chi connectivity index (χ3v) is 3.96. The van der Waals surface area contributed by atoms with Crippen LogP contribution in [0, 0.1) is 10.1 Å². The number of carbonyl (C=O) groups excluding carboxylic acids is 1. The maximum atomic E-state index is 12.2. The summed E-state index contributed by atoms with van der Waals surface area (Å²) in [7, 11) is 0. The average molecular weight is 317 g/mol. The van der Waals surface area contributed by atoms with Crippen molar-refractivity contribution < 1.29 is 9.72 Å². The van der Waals surface area contributed by atoms with Crippen LogP contribution in [0.25, 0.3) is 0 Å². The van der Waals surface area contributed by atoms with Crippen molar-refractivity contribution in [1.29, 1.82) is 0 Å². The van der Waals surface area contributed by atoms with Gasteiger partial charge in [-0.1, -0.05) is 29.8 Å². The van der Waals surface area contributed by atoms with Gasteiger partial charge in [0.05, 0.1) is 15.5 Å². The fraction of sp³-hybridized carbons (Fsp3) is 0.188. The fourth-order valence-corrected chi connectivity index (χ4v) is 2.53. The van der Waals surface area contributed by atoms with Crippen LogP contribution in [-0.4, -0.2) is 10.8 Å². The second-order valence-electron chi connectivity index (χ2n) is 5.24. The van der Waals surface area contributed by atoms with E-state index in [1.165, 1.54) is 0 Å². The summed E-state index contributed by atoms with van der Waals surface area (Å²) in [6.45, 7) is 0. The van der Waals surface area contributed by atoms with Gasteiger partial charge in [0, 0.05) is 6.07 Å². The lowest BCUT2D eigenvalue weighted by Gasteiger charge is -2.08. The number of nitro groups is 1. The highest BCUT2D eigenvalue weighted by Crippen LogP contribution is 2.42. The first-order valence-electron chi connectivity index (χ1n) is 6.90. The molecule has 6 heteroatoms. The number of amides is 1. The Balaban J connectivity index is 1.90. The molecular weight excluding hydrogens is 304 g/mol. The molecule has 0 unspecified atom stereocenters. The maximum absolute atomic E-state index is 12.2. The van der Waals surface area contributed by atoms with Gasteiger partial charge in [0.25, 0.3) is 11.6 Å². The van der Waals surface area contributed by atoms with Crippen LogP contribution >= 0.6 is 11.6 Å². The van der Waals surface area contributed by atoms with Gasteiger partial charge in [-0.3, -0.25) is 14.9 Å². The van der Waals surface area contributed by atoms with Gasteiger partial charge in [-0.25, -0.2) is 0 Å². The number of carbonyl (C=O) groups is 1. The van der Waals surface area contributed by atoms with E-state index in [-0.39, 0.29) is 16.9 Å². The minimum atomic E-state index is -0.478. The maximum Gasteiger partial charge on any atom is 0.293 e. The van der Waals surface area contributed by atoms with Crippen LogP contribution in [0.5, 0.6) is 0 Å². The second-order valence-corrected chi connectivity index (χ2v) is 5.65. The molecule has 0 aromatic heterocycles. The van der Waals surface area contributed by atoms with Gasteiger partial charge in [-0.15, -0.1) is 0 Å². The SMILES string of the molecule is O=C(Nc1ccc(C2CC2)cc1[N+](=O)[O-])c1ccccc1Cl. The van der Waals surface area contributed by atoms with Crippen molar-refractivity contribution in [2.24, 2.45) is 0 Å². The quantitative estimate of drug-likeness (QED) is 0.672. The Morgan fingerprint density at radius 2 is 1.95 bits per heavy atom. The summed E-state index contributed by atoms with van der Waals surface area (Å²) >= 11 is 5.97. The summed E-state index contributed by atoms with van der Waals surface area (Å²) in [5, 5.41) is 14.1. The first kappa shape index (κ1) is 14.5. The number of hydrogen-bond acceptors (Lipinski definition) is 3. The third kappa shape index (κ3) is 2.94. The zero-order valence-electron chi connectivity index (χ0n) is 11.6. The molecule has 0 spiro atoms. The Hall–Kier alpha value is -2.40. The van der Waals surface area contributed by atoms with Crippen LogP contribution < -0.4 is 5.32 Å². The van der Waals surface area contributed by atoms with Crippen molar-refractivity contribution in [2.75, 3.05) is 5.32 Å². The van der Waals surface area contributed by atoms with Gasteiger partial charge < -0.3 is 5.32 Å². The Bertz CT molecular complexity index is 757. The van der Waals surface area contributed by atoms with Crippen LogP contribution in [0.15, 0.2) is 42.5 Å². The van der Waals surface area contributed by atoms with Crippen molar-refractivity contribution in [3.8, 4) is 0 Å². The highest BCUT2D eigenvalue weighted by Gasteiger charge is 2.27. The zero-order chi connectivity index (χ0) is 15.7. The summed E-state index contributed by atoms with van der Waals surface area (Å²) in [6.07, 6.45) is 2.12. The lowest BCUT2D eigenvalue weighted by atomic mass is 10.1. The van der Waals surface area contributed by atoms with Gasteiger partial charge in [-0.05, 0) is 42.5 Å². The van der Waals surface area contributed by atoms with E-state index >= 15 is 0 Å². The lowest BCUT2D eigenvalue weighted by Crippen LogP contribution is -2.13. The van der Waals surface area contributed by atoms with E-state index in [2.05, 4.69) is 5.32 Å². The van der Waals surface area contributed by atoms with Gasteiger partial charge in [-0.2, -0.15) is 0 Å². The van der Waals surface area contributed by atoms with Gasteiger partial charge in [0.15, 0.2) is 0 Å². The molecule has 22 heavy (non-hydrogen) atoms. The highest BCUT2D eigenvalue weighted by atomic mass is 35.5. The molecule has 1 saturated carbocycles. The minimum Gasteiger partial charge on any atom is -0.316 e. The lowest BCUT2D eigenvalue weighted by molar-refractivity contribution is -0.384. The van der Waals surface area contributed by atoms with Gasteiger partial charge in [0.1, 0.15) is 5.69 Å². The van der Waals surface area contributed by atoms with Crippen LogP contribution in [-0.2, 0) is 0 Å². The van der Waals surface area contributed by atoms with Gasteiger partial charge >= 0.3 is 0 Å². The molecule has 3 rings (SSSR count). The van der Waals surface area contributed by atoms with E-state index in [1.807, 2.05) is 6.07 Å². The molecule has 0 heterocycles. The third-order valence-electron chi connectivity index (χ3n) is 3.63. The van der Waals surface area contributed by atoms with Crippen LogP contribution in [0.2, 0.25) is 5.02 Å². The van der Waals surface area contributed by atoms with Crippen molar-refractivity contribution >= 4 is 28.9 Å². The van der Waals surface area contributed by atoms with E-state index in [1.54, 1.807) is 36.4 Å². The molecule has 112 valence electrons. The Morgan fingerprint density at radius 1 is 1.23 bits per heavy atom. The molecule has 2 aromatic rings. The van der Waals surface area contributed by atoms with Crippen molar-refractivity contribution in [3.63, 3.8) is 0 Å². The highest BCUT2D eigenvalue weighted by molar-refractivity contribution is 6.34. The first-order chi connectivity index (χ1) is 10.6. The molecule has 1 amide bonds. The van der Waals surface area contributed by atoms with Crippen LogP contribution in [0.4, 0.5) is 11.4 Å². The largest absolute Gasteiger partial charge is 0.316 e. The summed E-state index contributed by atoms with van der Waals surface area (Å²) in [5.41, 5.74) is 1.32. The van der Waals surface area contributed by atoms with E-state index < -0.39 is 10.8 Å². The first-order valence-corrected chi connectivity index (χ1v) is 7.28. The average Bonchev–Trinajstić information content (AvgIpc) is 3.32. The van der Waals surface area contributed by atoms with Crippen molar-refractivity contribution in [1.82, 2.24) is 0 Å². The molecule has 2 aromatic carbocycles. The summed E-state index contributed by atoms with van der Waals surface area (Å²) in [4.78, 5) is 23.0. The number of hydrogen-bond donors (Lipinski definition) is 1. The predicted molar refractivity (Wildman–Crippen MR) is 84.5 cm³/mol. The number of nitro benzene ring substituents is 1. The Morgan fingerprint density at radius 3 is 2.59 bits per heavy atom. The van der Waals surface area contributed by atoms with E-state index in [0.29, 0.717) is 10.9 Å². The zero-order valence-corrected chi connectivity index (χ0v) is 12.3. The topological polar surface area (TPSA) is 72.2 Å². The number of nitrogens with one attached hydrogen (secondary N) is 1. The molecule has 1 aliphatic carbocycles. The van der Waals surface area contributed by atoms with E-state index in [9.17, 15) is 14.9 Å². The van der Waals surface area contributed by atoms with Gasteiger partial charge in [0.2, 0.25) is 0 Å². The normalized spacial score (nSPS) is 13.7. The molecule has 1 fully saturated rings. The molecular formula is C16H13ClN2O3. The standard InChI is InChI=1S/C16H13ClN2O3/c17-13-4-2-1-3-12(13)16(20)18-14-8-7-11(10-5-6-10)9-15(14)19(21)22/h1-4,7-10H,5-6H2,(H,18,20). The molecule has 0 radical (unpaired) electrons. The van der Waals surface area contributed by atoms with Crippen molar-refractivity contribution in [3.05, 3.63) is 68.7 Å². The number of nitrogens with zero attached hydrogens (tertiary/aromatic N) is 1. The molecule has 5 nitrogen and oxygen atoms in total. The fourth-order valence-electron chi connectivity index (χ4n) is 2.31. The van der Waals surface area contributed by atoms with E-state index in [0.717, 1.165) is 18.4 Å². The molecule has 1 aliphatic rings. The van der Waals surface area contributed by atoms with E-state index in [4.69, 9.17) is 11.6 Å². The summed E-state index contributed by atoms with van der Waals surface area (Å²) < 4.78 is 0. The number of benzene rings is 2. The van der Waals surface area contributed by atoms with Crippen LogP contribution in [0.3, 0.4) is 0 Å². The Kier molecular flexibility index (Phi) is 3.81. The second kappa shape index (κ2) is 5.77. The molecule has 0 bridgehead atoms. The predicted octanol–water partition coefficient (Wildman–Crippen LogP) is 4.38.